The molecule has 0 aromatic rings. The molecule has 0 bridgehead atoms. The Kier molecular flexibility index (Phi) is 34.7. The molecule has 0 aromatic carbocycles. The van der Waals surface area contributed by atoms with Crippen molar-refractivity contribution in [1.82, 2.24) is 0 Å². The number of halogens is 4. The van der Waals surface area contributed by atoms with Crippen LogP contribution in [0, 0.1) is 0 Å². The van der Waals surface area contributed by atoms with E-state index in [-0.39, 0.29) is 10.7 Å². The van der Waals surface area contributed by atoms with E-state index in [1.807, 2.05) is 6.92 Å². The number of alkyl halides is 4. The van der Waals surface area contributed by atoms with Gasteiger partial charge < -0.3 is 5.11 Å². The molecule has 1 N–H and O–H groups in total. The monoisotopic (exact) mass is 256 g/mol. The molecular weight excluding hydrogens is 246 g/mol. The summed E-state index contributed by atoms with van der Waals surface area (Å²) in [5, 5.41) is 8.30. The highest BCUT2D eigenvalue weighted by atomic mass is 35.5. The molecule has 0 heterocycles. The molecule has 0 unspecified atom stereocenters. The first-order chi connectivity index (χ1) is 5.60. The van der Waals surface area contributed by atoms with Gasteiger partial charge in [0.1, 0.15) is 0 Å². The van der Waals surface area contributed by atoms with Gasteiger partial charge >= 0.3 is 5.97 Å². The van der Waals surface area contributed by atoms with Crippen molar-refractivity contribution >= 4 is 52.4 Å². The molecule has 0 rings (SSSR count). The lowest BCUT2D eigenvalue weighted by Crippen LogP contribution is -1.90. The number of carbonyl (C=O) groups is 1. The average Bonchev–Trinajstić information content (AvgIpc) is 1.89. The third kappa shape index (κ3) is 74.8. The minimum absolute atomic E-state index is 0.194. The smallest absolute Gasteiger partial charge is 0.303 e. The Morgan fingerprint density at radius 1 is 1.17 bits per heavy atom. The highest BCUT2D eigenvalue weighted by Crippen LogP contribution is 1.82. The SMILES string of the molecule is CCCC(=O)O.ClCCl.ClCCl. The molecule has 0 aliphatic rings. The van der Waals surface area contributed by atoms with E-state index in [0.29, 0.717) is 6.42 Å². The number of rotatable bonds is 2. The van der Waals surface area contributed by atoms with E-state index in [1.165, 1.54) is 0 Å². The molecule has 0 atom stereocenters. The molecular formula is C6H12Cl4O2. The maximum Gasteiger partial charge on any atom is 0.303 e. The van der Waals surface area contributed by atoms with E-state index >= 15 is 0 Å². The maximum atomic E-state index is 9.60. The molecule has 0 aromatic heterocycles. The van der Waals surface area contributed by atoms with Crippen LogP contribution in [0.5, 0.6) is 0 Å². The minimum Gasteiger partial charge on any atom is -0.481 e. The predicted molar refractivity (Wildman–Crippen MR) is 55.7 cm³/mol. The normalized spacial score (nSPS) is 7.08. The second kappa shape index (κ2) is 22.6. The van der Waals surface area contributed by atoms with Crippen LogP contribution < -0.4 is 0 Å². The van der Waals surface area contributed by atoms with Crippen molar-refractivity contribution in [2.45, 2.75) is 19.8 Å². The number of carboxylic acid groups (broad SMARTS) is 1. The summed E-state index contributed by atoms with van der Waals surface area (Å²) in [5.41, 5.74) is 0. The summed E-state index contributed by atoms with van der Waals surface area (Å²) < 4.78 is 0. The molecule has 0 amide bonds. The van der Waals surface area contributed by atoms with Crippen molar-refractivity contribution in [2.75, 3.05) is 10.7 Å². The Morgan fingerprint density at radius 2 is 1.42 bits per heavy atom. The molecule has 0 saturated heterocycles. The van der Waals surface area contributed by atoms with Crippen LogP contribution in [0.1, 0.15) is 19.8 Å². The van der Waals surface area contributed by atoms with Crippen LogP contribution in [-0.2, 0) is 4.79 Å². The molecule has 6 heteroatoms. The van der Waals surface area contributed by atoms with Crippen LogP contribution in [0.4, 0.5) is 0 Å². The molecule has 0 aliphatic heterocycles. The fourth-order valence-corrected chi connectivity index (χ4v) is 0.214. The van der Waals surface area contributed by atoms with Crippen molar-refractivity contribution in [3.63, 3.8) is 0 Å². The van der Waals surface area contributed by atoms with E-state index in [4.69, 9.17) is 51.5 Å². The van der Waals surface area contributed by atoms with Crippen molar-refractivity contribution in [1.29, 1.82) is 0 Å². The predicted octanol–water partition coefficient (Wildman–Crippen LogP) is 3.71. The van der Waals surface area contributed by atoms with Gasteiger partial charge in [-0.3, -0.25) is 4.79 Å². The van der Waals surface area contributed by atoms with Gasteiger partial charge in [0.2, 0.25) is 0 Å². The zero-order chi connectivity index (χ0) is 10.4. The highest BCUT2D eigenvalue weighted by Gasteiger charge is 1.87. The quantitative estimate of drug-likeness (QED) is 0.766. The summed E-state index contributed by atoms with van der Waals surface area (Å²) in [6.45, 7) is 1.84. The summed E-state index contributed by atoms with van der Waals surface area (Å²) in [6, 6.07) is 0. The fourth-order valence-electron chi connectivity index (χ4n) is 0.214. The summed E-state index contributed by atoms with van der Waals surface area (Å²) >= 11 is 19.1. The Bertz CT molecular complexity index is 77.9. The lowest BCUT2D eigenvalue weighted by molar-refractivity contribution is -0.137. The topological polar surface area (TPSA) is 37.3 Å². The van der Waals surface area contributed by atoms with E-state index < -0.39 is 5.97 Å². The van der Waals surface area contributed by atoms with Gasteiger partial charge in [0, 0.05) is 6.42 Å². The Hall–Kier alpha value is 0.630. The van der Waals surface area contributed by atoms with Gasteiger partial charge in [-0.1, -0.05) is 6.92 Å². The summed E-state index contributed by atoms with van der Waals surface area (Å²) in [5.74, 6) is -0.711. The van der Waals surface area contributed by atoms with Crippen LogP contribution in [0.25, 0.3) is 0 Å². The molecule has 76 valence electrons. The Morgan fingerprint density at radius 3 is 1.42 bits per heavy atom. The van der Waals surface area contributed by atoms with E-state index in [9.17, 15) is 4.79 Å². The molecule has 0 saturated carbocycles. The zero-order valence-corrected chi connectivity index (χ0v) is 9.72. The van der Waals surface area contributed by atoms with Crippen LogP contribution >= 0.6 is 46.4 Å². The lowest BCUT2D eigenvalue weighted by atomic mass is 10.4. The largest absolute Gasteiger partial charge is 0.481 e. The van der Waals surface area contributed by atoms with Gasteiger partial charge in [0.15, 0.2) is 0 Å². The Balaban J connectivity index is -0.000000115. The van der Waals surface area contributed by atoms with Gasteiger partial charge in [0.25, 0.3) is 0 Å². The van der Waals surface area contributed by atoms with Crippen LogP contribution in [-0.4, -0.2) is 21.8 Å². The number of aliphatic carboxylic acids is 1. The average molecular weight is 258 g/mol. The second-order valence-electron chi connectivity index (χ2n) is 1.35. The van der Waals surface area contributed by atoms with Gasteiger partial charge in [-0.15, -0.1) is 46.4 Å². The van der Waals surface area contributed by atoms with Crippen LogP contribution in [0.2, 0.25) is 0 Å². The number of hydrogen-bond acceptors (Lipinski definition) is 1. The van der Waals surface area contributed by atoms with Crippen molar-refractivity contribution in [3.8, 4) is 0 Å². The first-order valence-corrected chi connectivity index (χ1v) is 5.20. The van der Waals surface area contributed by atoms with Crippen LogP contribution in [0.15, 0.2) is 0 Å². The van der Waals surface area contributed by atoms with Crippen LogP contribution in [0.3, 0.4) is 0 Å². The summed E-state index contributed by atoms with van der Waals surface area (Å²) in [4.78, 5) is 9.60. The summed E-state index contributed by atoms with van der Waals surface area (Å²) in [7, 11) is 0. The third-order valence-corrected chi connectivity index (χ3v) is 0.464. The van der Waals surface area contributed by atoms with E-state index in [1.54, 1.807) is 0 Å². The Labute approximate surface area is 92.7 Å². The van der Waals surface area contributed by atoms with E-state index in [2.05, 4.69) is 0 Å². The summed E-state index contributed by atoms with van der Waals surface area (Å²) in [6.07, 6.45) is 1.02. The fraction of sp³-hybridized carbons (Fsp3) is 0.833. The minimum atomic E-state index is -0.711. The first kappa shape index (κ1) is 18.4. The third-order valence-electron chi connectivity index (χ3n) is 0.464. The zero-order valence-electron chi connectivity index (χ0n) is 6.70. The molecule has 2 nitrogen and oxygen atoms in total. The number of hydrogen-bond donors (Lipinski definition) is 1. The highest BCUT2D eigenvalue weighted by molar-refractivity contribution is 6.40. The molecule has 0 spiro atoms. The molecule has 0 aliphatic carbocycles. The van der Waals surface area contributed by atoms with Gasteiger partial charge in [-0.2, -0.15) is 0 Å². The van der Waals surface area contributed by atoms with Crippen molar-refractivity contribution in [2.24, 2.45) is 0 Å². The van der Waals surface area contributed by atoms with Crippen molar-refractivity contribution < 1.29 is 9.90 Å². The number of carboxylic acids is 1. The molecule has 12 heavy (non-hydrogen) atoms. The lowest BCUT2D eigenvalue weighted by Gasteiger charge is -1.79. The first-order valence-electron chi connectivity index (χ1n) is 3.06. The standard InChI is InChI=1S/C4H8O2.2CH2Cl2/c1-2-3-4(5)6;2*2-1-3/h2-3H2,1H3,(H,5,6);2*1H2. The van der Waals surface area contributed by atoms with Gasteiger partial charge in [-0.05, 0) is 6.42 Å². The molecule has 0 fully saturated rings. The maximum absolute atomic E-state index is 9.60. The van der Waals surface area contributed by atoms with E-state index in [0.717, 1.165) is 6.42 Å². The van der Waals surface area contributed by atoms with Crippen molar-refractivity contribution in [3.05, 3.63) is 0 Å². The second-order valence-corrected chi connectivity index (χ2v) is 2.96. The molecule has 0 radical (unpaired) electrons. The van der Waals surface area contributed by atoms with Gasteiger partial charge in [-0.25, -0.2) is 0 Å². The van der Waals surface area contributed by atoms with Gasteiger partial charge in [0.05, 0.1) is 10.7 Å².